The van der Waals surface area contributed by atoms with Crippen molar-refractivity contribution in [1.82, 2.24) is 10.2 Å². The van der Waals surface area contributed by atoms with Crippen molar-refractivity contribution in [2.45, 2.75) is 50.3 Å². The summed E-state index contributed by atoms with van der Waals surface area (Å²) in [5.41, 5.74) is 1.28. The van der Waals surface area contributed by atoms with E-state index >= 15 is 0 Å². The Balaban J connectivity index is 1.58. The zero-order valence-electron chi connectivity index (χ0n) is 15.2. The Morgan fingerprint density at radius 2 is 2.12 bits per heavy atom. The van der Waals surface area contributed by atoms with E-state index in [0.29, 0.717) is 11.3 Å². The van der Waals surface area contributed by atoms with Crippen molar-refractivity contribution in [3.63, 3.8) is 0 Å². The quantitative estimate of drug-likeness (QED) is 0.809. The lowest BCUT2D eigenvalue weighted by atomic mass is 10.0. The second-order valence-corrected chi connectivity index (χ2v) is 8.38. The highest BCUT2D eigenvalue weighted by atomic mass is 32.2. The van der Waals surface area contributed by atoms with Gasteiger partial charge in [-0.2, -0.15) is 11.8 Å². The first kappa shape index (κ1) is 18.6. The van der Waals surface area contributed by atoms with Gasteiger partial charge in [0.05, 0.1) is 0 Å². The highest BCUT2D eigenvalue weighted by Gasteiger charge is 2.29. The monoisotopic (exact) mass is 362 g/mol. The molecular weight excluding hydrogens is 332 g/mol. The van der Waals surface area contributed by atoms with Crippen LogP contribution < -0.4 is 10.1 Å². The second-order valence-electron chi connectivity index (χ2n) is 6.97. The number of piperidine rings is 1. The standard InChI is InChI=1S/C20H30N2O2S/c1-2-16-7-9-18(10-8-16)24-15-20(23)22(14-19-6-4-12-25-19)17-5-3-11-21-13-17/h7-10,17,19,21H,2-6,11-15H2,1H3. The van der Waals surface area contributed by atoms with Gasteiger partial charge in [-0.05, 0) is 62.1 Å². The van der Waals surface area contributed by atoms with E-state index in [2.05, 4.69) is 29.3 Å². The SMILES string of the molecule is CCc1ccc(OCC(=O)N(CC2CCCS2)C2CCCNC2)cc1. The number of thioether (sulfide) groups is 1. The number of ether oxygens (including phenoxy) is 1. The van der Waals surface area contributed by atoms with Crippen LogP contribution in [0.15, 0.2) is 24.3 Å². The maximum absolute atomic E-state index is 12.9. The second kappa shape index (κ2) is 9.48. The van der Waals surface area contributed by atoms with Crippen LogP contribution in [0, 0.1) is 0 Å². The van der Waals surface area contributed by atoms with Gasteiger partial charge in [0.1, 0.15) is 5.75 Å². The molecule has 0 saturated carbocycles. The number of nitrogens with one attached hydrogen (secondary N) is 1. The molecule has 2 aliphatic rings. The lowest BCUT2D eigenvalue weighted by Crippen LogP contribution is -2.51. The maximum atomic E-state index is 12.9. The van der Waals surface area contributed by atoms with Crippen LogP contribution >= 0.6 is 11.8 Å². The van der Waals surface area contributed by atoms with Gasteiger partial charge in [-0.25, -0.2) is 0 Å². The first-order valence-electron chi connectivity index (χ1n) is 9.60. The van der Waals surface area contributed by atoms with E-state index in [9.17, 15) is 4.79 Å². The molecule has 5 heteroatoms. The topological polar surface area (TPSA) is 41.6 Å². The summed E-state index contributed by atoms with van der Waals surface area (Å²) in [6, 6.07) is 8.38. The van der Waals surface area contributed by atoms with Crippen molar-refractivity contribution in [3.8, 4) is 5.75 Å². The van der Waals surface area contributed by atoms with Crippen molar-refractivity contribution < 1.29 is 9.53 Å². The molecule has 2 heterocycles. The fraction of sp³-hybridized carbons (Fsp3) is 0.650. The summed E-state index contributed by atoms with van der Waals surface area (Å²) >= 11 is 2.02. The Kier molecular flexibility index (Phi) is 7.05. The summed E-state index contributed by atoms with van der Waals surface area (Å²) in [6.07, 6.45) is 5.77. The molecule has 2 fully saturated rings. The molecule has 0 radical (unpaired) electrons. The van der Waals surface area contributed by atoms with E-state index in [1.807, 2.05) is 23.9 Å². The van der Waals surface area contributed by atoms with Crippen LogP contribution in [0.25, 0.3) is 0 Å². The van der Waals surface area contributed by atoms with Gasteiger partial charge in [0, 0.05) is 24.4 Å². The maximum Gasteiger partial charge on any atom is 0.260 e. The molecular formula is C20H30N2O2S. The largest absolute Gasteiger partial charge is 0.484 e. The number of benzene rings is 1. The van der Waals surface area contributed by atoms with Gasteiger partial charge in [-0.3, -0.25) is 4.79 Å². The van der Waals surface area contributed by atoms with Crippen LogP contribution in [0.4, 0.5) is 0 Å². The first-order valence-corrected chi connectivity index (χ1v) is 10.6. The predicted octanol–water partition coefficient (Wildman–Crippen LogP) is 3.10. The summed E-state index contributed by atoms with van der Waals surface area (Å²) in [6.45, 7) is 5.12. The van der Waals surface area contributed by atoms with Gasteiger partial charge < -0.3 is 15.0 Å². The lowest BCUT2D eigenvalue weighted by molar-refractivity contribution is -0.136. The van der Waals surface area contributed by atoms with Gasteiger partial charge in [0.2, 0.25) is 0 Å². The number of aryl methyl sites for hydroxylation is 1. The molecule has 3 rings (SSSR count). The van der Waals surface area contributed by atoms with Crippen molar-refractivity contribution in [3.05, 3.63) is 29.8 Å². The van der Waals surface area contributed by atoms with Gasteiger partial charge in [0.15, 0.2) is 6.61 Å². The molecule has 25 heavy (non-hydrogen) atoms. The fourth-order valence-electron chi connectivity index (χ4n) is 3.61. The zero-order valence-corrected chi connectivity index (χ0v) is 16.0. The average molecular weight is 363 g/mol. The third kappa shape index (κ3) is 5.38. The molecule has 0 bridgehead atoms. The Morgan fingerprint density at radius 1 is 1.28 bits per heavy atom. The molecule has 0 aromatic heterocycles. The lowest BCUT2D eigenvalue weighted by Gasteiger charge is -2.36. The van der Waals surface area contributed by atoms with Gasteiger partial charge in [-0.15, -0.1) is 0 Å². The van der Waals surface area contributed by atoms with E-state index < -0.39 is 0 Å². The zero-order chi connectivity index (χ0) is 17.5. The predicted molar refractivity (Wildman–Crippen MR) is 104 cm³/mol. The molecule has 4 nitrogen and oxygen atoms in total. The molecule has 2 unspecified atom stereocenters. The van der Waals surface area contributed by atoms with Crippen molar-refractivity contribution in [1.29, 1.82) is 0 Å². The molecule has 2 atom stereocenters. The molecule has 1 aromatic rings. The average Bonchev–Trinajstić information content (AvgIpc) is 3.18. The summed E-state index contributed by atoms with van der Waals surface area (Å²) in [7, 11) is 0. The minimum atomic E-state index is 0.126. The Hall–Kier alpha value is -1.20. The van der Waals surface area contributed by atoms with E-state index in [0.717, 1.165) is 44.6 Å². The molecule has 0 aliphatic carbocycles. The number of nitrogens with zero attached hydrogens (tertiary/aromatic N) is 1. The van der Waals surface area contributed by atoms with E-state index in [1.165, 1.54) is 24.2 Å². The Morgan fingerprint density at radius 3 is 2.76 bits per heavy atom. The smallest absolute Gasteiger partial charge is 0.260 e. The molecule has 0 spiro atoms. The van der Waals surface area contributed by atoms with Crippen molar-refractivity contribution in [2.24, 2.45) is 0 Å². The van der Waals surface area contributed by atoms with Crippen LogP contribution in [-0.2, 0) is 11.2 Å². The third-order valence-corrected chi connectivity index (χ3v) is 6.53. The third-order valence-electron chi connectivity index (χ3n) is 5.15. The molecule has 1 aromatic carbocycles. The highest BCUT2D eigenvalue weighted by molar-refractivity contribution is 8.00. The number of amides is 1. The fourth-order valence-corrected chi connectivity index (χ4v) is 4.88. The van der Waals surface area contributed by atoms with Crippen molar-refractivity contribution in [2.75, 3.05) is 32.0 Å². The number of hydrogen-bond acceptors (Lipinski definition) is 4. The number of hydrogen-bond donors (Lipinski definition) is 1. The number of rotatable bonds is 7. The summed E-state index contributed by atoms with van der Waals surface area (Å²) < 4.78 is 5.79. The molecule has 2 aliphatic heterocycles. The highest BCUT2D eigenvalue weighted by Crippen LogP contribution is 2.28. The van der Waals surface area contributed by atoms with Gasteiger partial charge in [0.25, 0.3) is 5.91 Å². The van der Waals surface area contributed by atoms with E-state index in [1.54, 1.807) is 0 Å². The molecule has 1 amide bonds. The van der Waals surface area contributed by atoms with E-state index in [-0.39, 0.29) is 12.5 Å². The van der Waals surface area contributed by atoms with Crippen LogP contribution in [0.5, 0.6) is 5.75 Å². The number of carbonyl (C=O) groups is 1. The normalized spacial score (nSPS) is 23.4. The summed E-state index contributed by atoms with van der Waals surface area (Å²) in [4.78, 5) is 15.0. The van der Waals surface area contributed by atoms with Crippen LogP contribution in [-0.4, -0.2) is 54.1 Å². The first-order chi connectivity index (χ1) is 12.3. The molecule has 1 N–H and O–H groups in total. The van der Waals surface area contributed by atoms with Crippen LogP contribution in [0.3, 0.4) is 0 Å². The van der Waals surface area contributed by atoms with Gasteiger partial charge in [-0.1, -0.05) is 19.1 Å². The Bertz CT molecular complexity index is 537. The van der Waals surface area contributed by atoms with E-state index in [4.69, 9.17) is 4.74 Å². The van der Waals surface area contributed by atoms with Crippen LogP contribution in [0.1, 0.15) is 38.2 Å². The minimum absolute atomic E-state index is 0.126. The van der Waals surface area contributed by atoms with Gasteiger partial charge >= 0.3 is 0 Å². The molecule has 138 valence electrons. The van der Waals surface area contributed by atoms with Crippen LogP contribution in [0.2, 0.25) is 0 Å². The van der Waals surface area contributed by atoms with Crippen molar-refractivity contribution >= 4 is 17.7 Å². The Labute approximate surface area is 155 Å². The summed E-state index contributed by atoms with van der Waals surface area (Å²) in [5, 5.41) is 4.03. The molecule has 2 saturated heterocycles. The minimum Gasteiger partial charge on any atom is -0.484 e. The summed E-state index contributed by atoms with van der Waals surface area (Å²) in [5.74, 6) is 2.14. The number of carbonyl (C=O) groups excluding carboxylic acids is 1.